The predicted octanol–water partition coefficient (Wildman–Crippen LogP) is 5.21. The summed E-state index contributed by atoms with van der Waals surface area (Å²) < 4.78 is 5.15. The van der Waals surface area contributed by atoms with Crippen LogP contribution in [0.3, 0.4) is 0 Å². The van der Waals surface area contributed by atoms with E-state index in [4.69, 9.17) is 4.74 Å². The third kappa shape index (κ3) is 5.65. The normalized spacial score (nSPS) is 10.7. The number of carbonyl (C=O) groups excluding carboxylic acids is 1. The van der Waals surface area contributed by atoms with Gasteiger partial charge in [-0.25, -0.2) is 0 Å². The second kappa shape index (κ2) is 10.7. The first-order chi connectivity index (χ1) is 15.5. The third-order valence-corrected chi connectivity index (χ3v) is 5.32. The second-order valence-corrected chi connectivity index (χ2v) is 7.44. The zero-order valence-electron chi connectivity index (χ0n) is 16.9. The molecule has 2 N–H and O–H groups in total. The van der Waals surface area contributed by atoms with Gasteiger partial charge in [-0.2, -0.15) is 5.26 Å². The molecule has 8 nitrogen and oxygen atoms in total. The predicted molar refractivity (Wildman–Crippen MR) is 123 cm³/mol. The molecule has 3 rings (SSSR count). The number of nitrogens with zero attached hydrogens (tertiary/aromatic N) is 2. The maximum absolute atomic E-state index is 12.7. The van der Waals surface area contributed by atoms with Gasteiger partial charge in [0.05, 0.1) is 29.5 Å². The van der Waals surface area contributed by atoms with Crippen LogP contribution in [0, 0.1) is 21.4 Å². The quantitative estimate of drug-likeness (QED) is 0.211. The molecular weight excluding hydrogens is 428 g/mol. The van der Waals surface area contributed by atoms with Gasteiger partial charge in [0.25, 0.3) is 11.6 Å². The average molecular weight is 446 g/mol. The molecule has 0 unspecified atom stereocenters. The Morgan fingerprint density at radius 3 is 2.50 bits per heavy atom. The highest BCUT2D eigenvalue weighted by Crippen LogP contribution is 2.33. The van der Waals surface area contributed by atoms with Gasteiger partial charge in [0.2, 0.25) is 0 Å². The average Bonchev–Trinajstić information content (AvgIpc) is 2.81. The Bertz CT molecular complexity index is 1210. The number of hydrogen-bond acceptors (Lipinski definition) is 7. The minimum atomic E-state index is -0.595. The van der Waals surface area contributed by atoms with Crippen molar-refractivity contribution in [2.75, 3.05) is 17.7 Å². The summed E-state index contributed by atoms with van der Waals surface area (Å²) in [5.74, 6) is -0.389. The van der Waals surface area contributed by atoms with Crippen LogP contribution in [-0.4, -0.2) is 17.9 Å². The number of nitriles is 1. The zero-order valence-corrected chi connectivity index (χ0v) is 17.8. The Balaban J connectivity index is 1.77. The Hall–Kier alpha value is -4.29. The lowest BCUT2D eigenvalue weighted by molar-refractivity contribution is -0.384. The number of amides is 1. The monoisotopic (exact) mass is 446 g/mol. The third-order valence-electron chi connectivity index (χ3n) is 4.24. The number of non-ortho nitro benzene ring substituents is 1. The lowest BCUT2D eigenvalue weighted by Gasteiger charge is -2.11. The number of benzene rings is 3. The van der Waals surface area contributed by atoms with Crippen LogP contribution in [0.25, 0.3) is 0 Å². The molecule has 160 valence electrons. The number of anilines is 2. The molecule has 0 atom stereocenters. The second-order valence-electron chi connectivity index (χ2n) is 6.32. The Morgan fingerprint density at radius 2 is 1.81 bits per heavy atom. The van der Waals surface area contributed by atoms with Crippen molar-refractivity contribution in [1.29, 1.82) is 5.26 Å². The Kier molecular flexibility index (Phi) is 7.46. The van der Waals surface area contributed by atoms with Crippen LogP contribution in [0.2, 0.25) is 0 Å². The topological polar surface area (TPSA) is 117 Å². The number of carbonyl (C=O) groups is 1. The molecular formula is C23H18N4O4S. The van der Waals surface area contributed by atoms with Crippen molar-refractivity contribution in [3.8, 4) is 11.8 Å². The van der Waals surface area contributed by atoms with Gasteiger partial charge in [0.15, 0.2) is 0 Å². The number of nitrogens with one attached hydrogen (secondary N) is 2. The van der Waals surface area contributed by atoms with Gasteiger partial charge < -0.3 is 15.4 Å². The number of hydrogen-bond donors (Lipinski definition) is 2. The van der Waals surface area contributed by atoms with Crippen molar-refractivity contribution in [2.45, 2.75) is 9.79 Å². The van der Waals surface area contributed by atoms with E-state index in [2.05, 4.69) is 10.6 Å². The highest BCUT2D eigenvalue weighted by atomic mass is 32.2. The van der Waals surface area contributed by atoms with Gasteiger partial charge in [-0.05, 0) is 30.3 Å². The van der Waals surface area contributed by atoms with E-state index < -0.39 is 10.8 Å². The molecule has 0 bridgehead atoms. The van der Waals surface area contributed by atoms with Gasteiger partial charge in [-0.1, -0.05) is 42.1 Å². The smallest absolute Gasteiger partial charge is 0.273 e. The first-order valence-corrected chi connectivity index (χ1v) is 10.2. The first kappa shape index (κ1) is 22.4. The molecule has 0 saturated heterocycles. The van der Waals surface area contributed by atoms with E-state index in [1.807, 2.05) is 48.5 Å². The van der Waals surface area contributed by atoms with E-state index in [0.29, 0.717) is 11.4 Å². The first-order valence-electron chi connectivity index (χ1n) is 9.34. The van der Waals surface area contributed by atoms with Crippen LogP contribution in [0.5, 0.6) is 5.75 Å². The lowest BCUT2D eigenvalue weighted by atomic mass is 10.2. The fourth-order valence-corrected chi connectivity index (χ4v) is 3.60. The maximum Gasteiger partial charge on any atom is 0.273 e. The van der Waals surface area contributed by atoms with Gasteiger partial charge in [-0.3, -0.25) is 14.9 Å². The van der Waals surface area contributed by atoms with Gasteiger partial charge in [0.1, 0.15) is 17.4 Å². The molecule has 0 heterocycles. The number of ether oxygens (including phenoxy) is 1. The van der Waals surface area contributed by atoms with E-state index in [-0.39, 0.29) is 17.0 Å². The van der Waals surface area contributed by atoms with E-state index in [0.717, 1.165) is 9.79 Å². The highest BCUT2D eigenvalue weighted by molar-refractivity contribution is 7.99. The Labute approximate surface area is 188 Å². The summed E-state index contributed by atoms with van der Waals surface area (Å²) in [5, 5.41) is 25.9. The van der Waals surface area contributed by atoms with Crippen molar-refractivity contribution in [3.63, 3.8) is 0 Å². The van der Waals surface area contributed by atoms with Crippen molar-refractivity contribution in [3.05, 3.63) is 94.7 Å². The number of nitro benzene ring substituents is 1. The molecule has 0 fully saturated rings. The SMILES string of the molecule is COc1cc([N+](=O)[O-])ccc1N/C=C(/C#N)C(=O)Nc1ccccc1Sc1ccccc1. The molecule has 3 aromatic rings. The summed E-state index contributed by atoms with van der Waals surface area (Å²) in [6.07, 6.45) is 1.23. The number of rotatable bonds is 8. The molecule has 0 spiro atoms. The molecule has 0 aliphatic heterocycles. The van der Waals surface area contributed by atoms with E-state index in [9.17, 15) is 20.2 Å². The van der Waals surface area contributed by atoms with Gasteiger partial charge >= 0.3 is 0 Å². The fraction of sp³-hybridized carbons (Fsp3) is 0.0435. The minimum Gasteiger partial charge on any atom is -0.494 e. The number of methoxy groups -OCH3 is 1. The van der Waals surface area contributed by atoms with E-state index in [1.54, 1.807) is 12.1 Å². The van der Waals surface area contributed by atoms with Crippen LogP contribution >= 0.6 is 11.8 Å². The van der Waals surface area contributed by atoms with Crippen molar-refractivity contribution in [2.24, 2.45) is 0 Å². The van der Waals surface area contributed by atoms with Crippen molar-refractivity contribution >= 4 is 34.7 Å². The molecule has 0 saturated carbocycles. The van der Waals surface area contributed by atoms with Crippen LogP contribution < -0.4 is 15.4 Å². The lowest BCUT2D eigenvalue weighted by Crippen LogP contribution is -2.15. The standard InChI is InChI=1S/C23H18N4O4S/c1-31-21-13-17(27(29)30)11-12-19(21)25-15-16(14-24)23(28)26-20-9-5-6-10-22(20)32-18-7-3-2-4-8-18/h2-13,15,25H,1H3,(H,26,28)/b16-15-. The summed E-state index contributed by atoms with van der Waals surface area (Å²) >= 11 is 1.49. The fourth-order valence-electron chi connectivity index (χ4n) is 2.68. The van der Waals surface area contributed by atoms with Crippen LogP contribution in [-0.2, 0) is 4.79 Å². The van der Waals surface area contributed by atoms with Crippen LogP contribution in [0.15, 0.2) is 94.4 Å². The van der Waals surface area contributed by atoms with Gasteiger partial charge in [-0.15, -0.1) is 0 Å². The number of nitro groups is 1. The van der Waals surface area contributed by atoms with Crippen LogP contribution in [0.4, 0.5) is 17.1 Å². The minimum absolute atomic E-state index is 0.137. The maximum atomic E-state index is 12.7. The summed E-state index contributed by atoms with van der Waals surface area (Å²) in [5.41, 5.74) is 0.631. The molecule has 0 aromatic heterocycles. The van der Waals surface area contributed by atoms with E-state index in [1.165, 1.54) is 43.3 Å². The van der Waals surface area contributed by atoms with E-state index >= 15 is 0 Å². The Morgan fingerprint density at radius 1 is 1.09 bits per heavy atom. The molecule has 32 heavy (non-hydrogen) atoms. The summed E-state index contributed by atoms with van der Waals surface area (Å²) in [6.45, 7) is 0. The summed E-state index contributed by atoms with van der Waals surface area (Å²) in [6, 6.07) is 22.8. The van der Waals surface area contributed by atoms with Crippen molar-refractivity contribution in [1.82, 2.24) is 0 Å². The van der Waals surface area contributed by atoms with Gasteiger partial charge in [0, 0.05) is 22.1 Å². The van der Waals surface area contributed by atoms with Crippen LogP contribution in [0.1, 0.15) is 0 Å². The molecule has 0 aliphatic carbocycles. The van der Waals surface area contributed by atoms with Crippen molar-refractivity contribution < 1.29 is 14.5 Å². The summed E-state index contributed by atoms with van der Waals surface area (Å²) in [4.78, 5) is 24.9. The molecule has 3 aromatic carbocycles. The zero-order chi connectivity index (χ0) is 22.9. The largest absolute Gasteiger partial charge is 0.494 e. The molecule has 1 amide bonds. The molecule has 9 heteroatoms. The number of para-hydroxylation sites is 1. The molecule has 0 radical (unpaired) electrons. The highest BCUT2D eigenvalue weighted by Gasteiger charge is 2.14. The molecule has 0 aliphatic rings. The summed E-state index contributed by atoms with van der Waals surface area (Å²) in [7, 11) is 1.37.